The molecule has 140 valence electrons. The van der Waals surface area contributed by atoms with Crippen LogP contribution in [-0.2, 0) is 22.7 Å². The van der Waals surface area contributed by atoms with Crippen LogP contribution in [-0.4, -0.2) is 16.6 Å². The highest BCUT2D eigenvalue weighted by Gasteiger charge is 2.65. The molecule has 2 aliphatic carbocycles. The van der Waals surface area contributed by atoms with Crippen molar-refractivity contribution in [2.45, 2.75) is 46.2 Å². The monoisotopic (exact) mass is 361 g/mol. The first-order valence-electron chi connectivity index (χ1n) is 9.86. The van der Waals surface area contributed by atoms with Gasteiger partial charge in [-0.2, -0.15) is 0 Å². The molecule has 4 rings (SSSR count). The summed E-state index contributed by atoms with van der Waals surface area (Å²) in [7, 11) is 0. The number of carbonyl (C=O) groups is 2. The molecule has 2 aromatic carbocycles. The minimum Gasteiger partial charge on any atom is -0.333 e. The van der Waals surface area contributed by atoms with Gasteiger partial charge in [0.25, 0.3) is 0 Å². The van der Waals surface area contributed by atoms with Crippen LogP contribution in [0.4, 0.5) is 0 Å². The third-order valence-electron chi connectivity index (χ3n) is 6.68. The number of fused-ring (bicyclic) bond motifs is 2. The molecular formula is C24H27NO2. The van der Waals surface area contributed by atoms with E-state index in [0.717, 1.165) is 24.0 Å². The van der Waals surface area contributed by atoms with Gasteiger partial charge in [-0.3, -0.25) is 9.59 Å². The molecule has 0 aliphatic heterocycles. The van der Waals surface area contributed by atoms with E-state index in [1.165, 1.54) is 0 Å². The lowest BCUT2D eigenvalue weighted by Crippen LogP contribution is -2.48. The molecule has 2 saturated carbocycles. The highest BCUT2D eigenvalue weighted by Crippen LogP contribution is 2.60. The van der Waals surface area contributed by atoms with Gasteiger partial charge in [0.2, 0.25) is 5.91 Å². The number of ketones is 1. The molecule has 3 heteroatoms. The van der Waals surface area contributed by atoms with E-state index in [1.54, 1.807) is 0 Å². The summed E-state index contributed by atoms with van der Waals surface area (Å²) in [5, 5.41) is 0. The zero-order valence-corrected chi connectivity index (χ0v) is 16.2. The van der Waals surface area contributed by atoms with E-state index in [4.69, 9.17) is 0 Å². The van der Waals surface area contributed by atoms with Crippen LogP contribution in [0.2, 0.25) is 0 Å². The lowest BCUT2D eigenvalue weighted by molar-refractivity contribution is -0.152. The summed E-state index contributed by atoms with van der Waals surface area (Å²) in [6, 6.07) is 20.1. The van der Waals surface area contributed by atoms with E-state index in [9.17, 15) is 9.59 Å². The number of Topliss-reactive ketones (excluding diaryl/α,β-unsaturated/α-hetero) is 1. The quantitative estimate of drug-likeness (QED) is 0.729. The number of nitrogens with zero attached hydrogens (tertiary/aromatic N) is 1. The molecule has 0 radical (unpaired) electrons. The van der Waals surface area contributed by atoms with Crippen LogP contribution in [0, 0.1) is 16.7 Å². The SMILES string of the molecule is CC1(C)C(=O)[C@]2(C(=O)N(Cc3ccccc3)Cc3ccccc3)CC[C@@H]1C2. The molecule has 0 heterocycles. The van der Waals surface area contributed by atoms with Gasteiger partial charge in [0.05, 0.1) is 0 Å². The first-order valence-corrected chi connectivity index (χ1v) is 9.86. The second-order valence-electron chi connectivity index (χ2n) is 8.71. The second-order valence-corrected chi connectivity index (χ2v) is 8.71. The summed E-state index contributed by atoms with van der Waals surface area (Å²) in [5.74, 6) is 0.514. The van der Waals surface area contributed by atoms with Gasteiger partial charge < -0.3 is 4.90 Å². The Labute approximate surface area is 161 Å². The van der Waals surface area contributed by atoms with Crippen LogP contribution < -0.4 is 0 Å². The summed E-state index contributed by atoms with van der Waals surface area (Å²) < 4.78 is 0. The van der Waals surface area contributed by atoms with Gasteiger partial charge in [0.1, 0.15) is 5.41 Å². The first kappa shape index (κ1) is 18.0. The van der Waals surface area contributed by atoms with Gasteiger partial charge in [-0.25, -0.2) is 0 Å². The molecular weight excluding hydrogens is 334 g/mol. The molecule has 27 heavy (non-hydrogen) atoms. The number of amides is 1. The average molecular weight is 361 g/mol. The minimum atomic E-state index is -0.808. The Morgan fingerprint density at radius 1 is 0.963 bits per heavy atom. The zero-order valence-electron chi connectivity index (χ0n) is 16.2. The Kier molecular flexibility index (Phi) is 4.41. The van der Waals surface area contributed by atoms with E-state index in [2.05, 4.69) is 0 Å². The fraction of sp³-hybridized carbons (Fsp3) is 0.417. The number of hydrogen-bond acceptors (Lipinski definition) is 2. The average Bonchev–Trinajstić information content (AvgIpc) is 3.21. The smallest absolute Gasteiger partial charge is 0.236 e. The van der Waals surface area contributed by atoms with E-state index in [1.807, 2.05) is 79.4 Å². The first-order chi connectivity index (χ1) is 12.9. The van der Waals surface area contributed by atoms with E-state index in [0.29, 0.717) is 25.4 Å². The topological polar surface area (TPSA) is 37.4 Å². The maximum absolute atomic E-state index is 13.7. The van der Waals surface area contributed by atoms with Gasteiger partial charge in [-0.1, -0.05) is 74.5 Å². The molecule has 2 atom stereocenters. The number of benzene rings is 2. The van der Waals surface area contributed by atoms with Gasteiger partial charge in [0, 0.05) is 18.5 Å². The van der Waals surface area contributed by atoms with Crippen LogP contribution >= 0.6 is 0 Å². The van der Waals surface area contributed by atoms with E-state index in [-0.39, 0.29) is 17.1 Å². The standard InChI is InChI=1S/C24H27NO2/c1-23(2)20-13-14-24(15-20,21(23)26)22(27)25(16-18-9-5-3-6-10-18)17-19-11-7-4-8-12-19/h3-12,20H,13-17H2,1-2H3/t20-,24+/m1/s1. The summed E-state index contributed by atoms with van der Waals surface area (Å²) in [6.07, 6.45) is 2.41. The molecule has 3 nitrogen and oxygen atoms in total. The van der Waals surface area contributed by atoms with Gasteiger partial charge in [0.15, 0.2) is 5.78 Å². The lowest BCUT2D eigenvalue weighted by atomic mass is 9.70. The van der Waals surface area contributed by atoms with Crippen molar-refractivity contribution >= 4 is 11.7 Å². The van der Waals surface area contributed by atoms with Crippen LogP contribution in [0.3, 0.4) is 0 Å². The molecule has 0 saturated heterocycles. The Hall–Kier alpha value is -2.42. The molecule has 0 unspecified atom stereocenters. The van der Waals surface area contributed by atoms with Crippen LogP contribution in [0.1, 0.15) is 44.2 Å². The fourth-order valence-electron chi connectivity index (χ4n) is 5.07. The summed E-state index contributed by atoms with van der Waals surface area (Å²) >= 11 is 0. The van der Waals surface area contributed by atoms with Gasteiger partial charge >= 0.3 is 0 Å². The largest absolute Gasteiger partial charge is 0.333 e. The Morgan fingerprint density at radius 3 is 1.93 bits per heavy atom. The summed E-state index contributed by atoms with van der Waals surface area (Å²) in [4.78, 5) is 28.8. The van der Waals surface area contributed by atoms with E-state index >= 15 is 0 Å². The van der Waals surface area contributed by atoms with Crippen LogP contribution in [0.15, 0.2) is 60.7 Å². The van der Waals surface area contributed by atoms with Crippen molar-refractivity contribution < 1.29 is 9.59 Å². The van der Waals surface area contributed by atoms with Crippen LogP contribution in [0.5, 0.6) is 0 Å². The van der Waals surface area contributed by atoms with Crippen LogP contribution in [0.25, 0.3) is 0 Å². The third-order valence-corrected chi connectivity index (χ3v) is 6.68. The lowest BCUT2D eigenvalue weighted by Gasteiger charge is -2.36. The maximum atomic E-state index is 13.7. The fourth-order valence-corrected chi connectivity index (χ4v) is 5.07. The minimum absolute atomic E-state index is 0.0216. The van der Waals surface area contributed by atoms with Crippen molar-refractivity contribution in [3.63, 3.8) is 0 Å². The molecule has 2 aromatic rings. The van der Waals surface area contributed by atoms with Crippen molar-refractivity contribution in [1.29, 1.82) is 0 Å². The Morgan fingerprint density at radius 2 is 1.48 bits per heavy atom. The normalized spacial score (nSPS) is 25.6. The second kappa shape index (κ2) is 6.63. The highest BCUT2D eigenvalue weighted by molar-refractivity contribution is 6.10. The number of carbonyl (C=O) groups excluding carboxylic acids is 2. The molecule has 2 aliphatic rings. The molecule has 2 fully saturated rings. The molecule has 1 amide bonds. The van der Waals surface area contributed by atoms with E-state index < -0.39 is 5.41 Å². The maximum Gasteiger partial charge on any atom is 0.236 e. The van der Waals surface area contributed by atoms with Crippen molar-refractivity contribution in [3.05, 3.63) is 71.8 Å². The van der Waals surface area contributed by atoms with Gasteiger partial charge in [-0.05, 0) is 36.3 Å². The zero-order chi connectivity index (χ0) is 19.1. The van der Waals surface area contributed by atoms with Crippen molar-refractivity contribution in [2.24, 2.45) is 16.7 Å². The summed E-state index contributed by atoms with van der Waals surface area (Å²) in [6.45, 7) is 5.11. The summed E-state index contributed by atoms with van der Waals surface area (Å²) in [5.41, 5.74) is 1.01. The van der Waals surface area contributed by atoms with Crippen molar-refractivity contribution in [3.8, 4) is 0 Å². The number of rotatable bonds is 5. The highest BCUT2D eigenvalue weighted by atomic mass is 16.2. The van der Waals surface area contributed by atoms with Gasteiger partial charge in [-0.15, -0.1) is 0 Å². The Bertz CT molecular complexity index is 802. The molecule has 0 N–H and O–H groups in total. The molecule has 2 bridgehead atoms. The third kappa shape index (κ3) is 2.99. The predicted octanol–water partition coefficient (Wildman–Crippen LogP) is 4.61. The number of hydrogen-bond donors (Lipinski definition) is 0. The predicted molar refractivity (Wildman–Crippen MR) is 106 cm³/mol. The molecule has 0 spiro atoms. The Balaban J connectivity index is 1.65. The molecule has 0 aromatic heterocycles. The van der Waals surface area contributed by atoms with Crippen molar-refractivity contribution in [1.82, 2.24) is 4.90 Å². The van der Waals surface area contributed by atoms with Crippen molar-refractivity contribution in [2.75, 3.05) is 0 Å².